The maximum atomic E-state index is 12.1. The molecule has 0 aliphatic heterocycles. The summed E-state index contributed by atoms with van der Waals surface area (Å²) in [6, 6.07) is 16.6. The Kier molecular flexibility index (Phi) is 4.71. The predicted molar refractivity (Wildman–Crippen MR) is 106 cm³/mol. The van der Waals surface area contributed by atoms with Crippen LogP contribution in [0.3, 0.4) is 0 Å². The monoisotopic (exact) mass is 377 g/mol. The second kappa shape index (κ2) is 7.46. The van der Waals surface area contributed by atoms with Gasteiger partial charge in [-0.2, -0.15) is 0 Å². The maximum Gasteiger partial charge on any atom is 0.251 e. The van der Waals surface area contributed by atoms with Crippen molar-refractivity contribution in [3.63, 3.8) is 0 Å². The average molecular weight is 377 g/mol. The molecule has 134 valence electrons. The van der Waals surface area contributed by atoms with Gasteiger partial charge in [-0.3, -0.25) is 9.59 Å². The van der Waals surface area contributed by atoms with Gasteiger partial charge in [0.25, 0.3) is 5.56 Å². The van der Waals surface area contributed by atoms with Crippen LogP contribution in [0.4, 0.5) is 5.69 Å². The summed E-state index contributed by atoms with van der Waals surface area (Å²) >= 11 is 1.17. The van der Waals surface area contributed by atoms with Gasteiger partial charge in [-0.1, -0.05) is 23.9 Å². The van der Waals surface area contributed by atoms with E-state index < -0.39 is 0 Å². The molecule has 2 heterocycles. The van der Waals surface area contributed by atoms with Crippen LogP contribution in [0.2, 0.25) is 0 Å². The summed E-state index contributed by atoms with van der Waals surface area (Å²) in [6.45, 7) is 0. The molecule has 2 aromatic heterocycles. The second-order valence-corrected chi connectivity index (χ2v) is 6.72. The number of benzene rings is 2. The van der Waals surface area contributed by atoms with E-state index in [-0.39, 0.29) is 17.2 Å². The zero-order valence-corrected chi connectivity index (χ0v) is 14.9. The summed E-state index contributed by atoms with van der Waals surface area (Å²) in [5.41, 5.74) is 3.28. The summed E-state index contributed by atoms with van der Waals surface area (Å²) in [4.78, 5) is 37.7. The SMILES string of the molecule is O=C(CSc1nccc(=O)[nH]1)Nc1ccc(-c2nc3ccccc3[nH]2)cc1. The molecule has 0 bridgehead atoms. The van der Waals surface area contributed by atoms with Crippen molar-refractivity contribution in [1.29, 1.82) is 0 Å². The molecular weight excluding hydrogens is 362 g/mol. The number of carbonyl (C=O) groups excluding carboxylic acids is 1. The molecule has 0 saturated heterocycles. The Balaban J connectivity index is 1.40. The Morgan fingerprint density at radius 1 is 1.04 bits per heavy atom. The standard InChI is InChI=1S/C19H15N5O2S/c25-16-9-10-20-19(24-16)27-11-17(26)21-13-7-5-12(6-8-13)18-22-14-3-1-2-4-15(14)23-18/h1-10H,11H2,(H,21,26)(H,22,23)(H,20,24,25). The van der Waals surface area contributed by atoms with Crippen LogP contribution in [0, 0.1) is 0 Å². The van der Waals surface area contributed by atoms with E-state index in [9.17, 15) is 9.59 Å². The molecule has 1 amide bonds. The number of nitrogens with zero attached hydrogens (tertiary/aromatic N) is 2. The zero-order chi connectivity index (χ0) is 18.6. The quantitative estimate of drug-likeness (QED) is 0.366. The van der Waals surface area contributed by atoms with Crippen LogP contribution in [0.15, 0.2) is 70.7 Å². The Bertz CT molecular complexity index is 1120. The second-order valence-electron chi connectivity index (χ2n) is 5.76. The van der Waals surface area contributed by atoms with Crippen molar-refractivity contribution in [3.05, 3.63) is 71.1 Å². The topological polar surface area (TPSA) is 104 Å². The third kappa shape index (κ3) is 4.06. The molecule has 0 spiro atoms. The van der Waals surface area contributed by atoms with Crippen LogP contribution < -0.4 is 10.9 Å². The lowest BCUT2D eigenvalue weighted by molar-refractivity contribution is -0.113. The van der Waals surface area contributed by atoms with Gasteiger partial charge in [-0.15, -0.1) is 0 Å². The van der Waals surface area contributed by atoms with Crippen molar-refractivity contribution < 1.29 is 4.79 Å². The summed E-state index contributed by atoms with van der Waals surface area (Å²) in [7, 11) is 0. The Hall–Kier alpha value is -3.39. The molecule has 7 nitrogen and oxygen atoms in total. The molecule has 0 saturated carbocycles. The van der Waals surface area contributed by atoms with Crippen LogP contribution in [0.5, 0.6) is 0 Å². The van der Waals surface area contributed by atoms with Gasteiger partial charge >= 0.3 is 0 Å². The maximum absolute atomic E-state index is 12.1. The molecule has 0 aliphatic carbocycles. The number of hydrogen-bond donors (Lipinski definition) is 3. The predicted octanol–water partition coefficient (Wildman–Crippen LogP) is 3.04. The van der Waals surface area contributed by atoms with E-state index in [1.807, 2.05) is 48.5 Å². The molecule has 0 radical (unpaired) electrons. The normalized spacial score (nSPS) is 10.8. The minimum Gasteiger partial charge on any atom is -0.338 e. The van der Waals surface area contributed by atoms with Gasteiger partial charge in [-0.25, -0.2) is 9.97 Å². The fourth-order valence-corrected chi connectivity index (χ4v) is 3.21. The van der Waals surface area contributed by atoms with Crippen molar-refractivity contribution in [3.8, 4) is 11.4 Å². The third-order valence-corrected chi connectivity index (χ3v) is 4.71. The molecule has 4 rings (SSSR count). The van der Waals surface area contributed by atoms with E-state index in [0.29, 0.717) is 10.8 Å². The molecule has 3 N–H and O–H groups in total. The van der Waals surface area contributed by atoms with Crippen molar-refractivity contribution in [2.45, 2.75) is 5.16 Å². The van der Waals surface area contributed by atoms with Crippen molar-refractivity contribution in [2.75, 3.05) is 11.1 Å². The van der Waals surface area contributed by atoms with Gasteiger partial charge in [-0.05, 0) is 36.4 Å². The molecule has 27 heavy (non-hydrogen) atoms. The van der Waals surface area contributed by atoms with Crippen molar-refractivity contribution >= 4 is 34.4 Å². The molecule has 4 aromatic rings. The van der Waals surface area contributed by atoms with Gasteiger partial charge in [0.1, 0.15) is 5.82 Å². The van der Waals surface area contributed by atoms with Gasteiger partial charge < -0.3 is 15.3 Å². The third-order valence-electron chi connectivity index (χ3n) is 3.82. The fourth-order valence-electron chi connectivity index (χ4n) is 2.56. The van der Waals surface area contributed by atoms with Gasteiger partial charge in [0.2, 0.25) is 5.91 Å². The van der Waals surface area contributed by atoms with Gasteiger partial charge in [0.15, 0.2) is 5.16 Å². The smallest absolute Gasteiger partial charge is 0.251 e. The zero-order valence-electron chi connectivity index (χ0n) is 14.1. The fraction of sp³-hybridized carbons (Fsp3) is 0.0526. The number of aromatic nitrogens is 4. The number of fused-ring (bicyclic) bond motifs is 1. The largest absolute Gasteiger partial charge is 0.338 e. The lowest BCUT2D eigenvalue weighted by Gasteiger charge is -2.05. The Morgan fingerprint density at radius 3 is 2.63 bits per heavy atom. The van der Waals surface area contributed by atoms with Crippen LogP contribution >= 0.6 is 11.8 Å². The first-order valence-electron chi connectivity index (χ1n) is 8.20. The highest BCUT2D eigenvalue weighted by Gasteiger charge is 2.07. The number of amides is 1. The van der Waals surface area contributed by atoms with E-state index in [2.05, 4.69) is 25.3 Å². The minimum absolute atomic E-state index is 0.151. The molecule has 0 aliphatic rings. The van der Waals surface area contributed by atoms with Crippen LogP contribution in [0.1, 0.15) is 0 Å². The molecule has 2 aromatic carbocycles. The molecule has 0 atom stereocenters. The highest BCUT2D eigenvalue weighted by atomic mass is 32.2. The lowest BCUT2D eigenvalue weighted by atomic mass is 10.2. The number of thioether (sulfide) groups is 1. The summed E-state index contributed by atoms with van der Waals surface area (Å²) in [6.07, 6.45) is 1.41. The number of imidazole rings is 1. The first-order chi connectivity index (χ1) is 13.2. The highest BCUT2D eigenvalue weighted by molar-refractivity contribution is 7.99. The number of rotatable bonds is 5. The van der Waals surface area contributed by atoms with Crippen molar-refractivity contribution in [2.24, 2.45) is 0 Å². The number of nitrogens with one attached hydrogen (secondary N) is 3. The lowest BCUT2D eigenvalue weighted by Crippen LogP contribution is -2.15. The van der Waals surface area contributed by atoms with Crippen molar-refractivity contribution in [1.82, 2.24) is 19.9 Å². The number of H-pyrrole nitrogens is 2. The Morgan fingerprint density at radius 2 is 1.85 bits per heavy atom. The highest BCUT2D eigenvalue weighted by Crippen LogP contribution is 2.22. The molecule has 8 heteroatoms. The summed E-state index contributed by atoms with van der Waals surface area (Å²) < 4.78 is 0. The van der Waals surface area contributed by atoms with Crippen LogP contribution in [-0.2, 0) is 4.79 Å². The number of anilines is 1. The van der Waals surface area contributed by atoms with Gasteiger partial charge in [0.05, 0.1) is 16.8 Å². The van der Waals surface area contributed by atoms with E-state index in [4.69, 9.17) is 0 Å². The summed E-state index contributed by atoms with van der Waals surface area (Å²) in [5, 5.41) is 3.24. The van der Waals surface area contributed by atoms with E-state index in [1.165, 1.54) is 24.0 Å². The minimum atomic E-state index is -0.242. The average Bonchev–Trinajstić information content (AvgIpc) is 3.11. The first-order valence-corrected chi connectivity index (χ1v) is 9.19. The molecule has 0 unspecified atom stereocenters. The number of hydrogen-bond acceptors (Lipinski definition) is 5. The first kappa shape index (κ1) is 17.0. The molecular formula is C19H15N5O2S. The summed E-state index contributed by atoms with van der Waals surface area (Å²) in [5.74, 6) is 0.755. The van der Waals surface area contributed by atoms with Crippen LogP contribution in [0.25, 0.3) is 22.4 Å². The van der Waals surface area contributed by atoms with Crippen LogP contribution in [-0.4, -0.2) is 31.6 Å². The number of carbonyl (C=O) groups is 1. The van der Waals surface area contributed by atoms with E-state index >= 15 is 0 Å². The van der Waals surface area contributed by atoms with E-state index in [1.54, 1.807) is 0 Å². The Labute approximate surface area is 158 Å². The van der Waals surface area contributed by atoms with Gasteiger partial charge in [0, 0.05) is 23.5 Å². The molecule has 0 fully saturated rings. The number of aromatic amines is 2. The number of para-hydroxylation sites is 2. The van der Waals surface area contributed by atoms with E-state index in [0.717, 1.165) is 22.4 Å².